The summed E-state index contributed by atoms with van der Waals surface area (Å²) in [6.45, 7) is 3.13. The first-order chi connectivity index (χ1) is 6.31. The monoisotopic (exact) mass is 205 g/mol. The molecule has 0 saturated carbocycles. The third-order valence-corrected chi connectivity index (χ3v) is 3.21. The molecule has 0 aromatic rings. The summed E-state index contributed by atoms with van der Waals surface area (Å²) in [6, 6.07) is 0.666. The van der Waals surface area contributed by atoms with Crippen LogP contribution < -0.4 is 5.32 Å². The summed E-state index contributed by atoms with van der Waals surface area (Å²) in [6.07, 6.45) is 3.79. The Bertz CT molecular complexity index is 101. The number of nitrogens with one attached hydrogen (secondary N) is 1. The van der Waals surface area contributed by atoms with Crippen molar-refractivity contribution in [2.45, 2.75) is 32.2 Å². The normalized spacial score (nSPS) is 13.2. The van der Waals surface area contributed by atoms with Gasteiger partial charge in [0.15, 0.2) is 0 Å². The lowest BCUT2D eigenvalue weighted by molar-refractivity contribution is 0.200. The predicted octanol–water partition coefficient (Wildman–Crippen LogP) is 2.14. The largest absolute Gasteiger partial charge is 0.385 e. The van der Waals surface area contributed by atoms with Crippen molar-refractivity contribution >= 4 is 11.8 Å². The molecule has 2 nitrogen and oxygen atoms in total. The first-order valence-electron chi connectivity index (χ1n) is 5.05. The quantitative estimate of drug-likeness (QED) is 0.583. The van der Waals surface area contributed by atoms with Gasteiger partial charge in [-0.15, -0.1) is 0 Å². The molecule has 0 rings (SSSR count). The molecule has 1 atom stereocenters. The summed E-state index contributed by atoms with van der Waals surface area (Å²) in [7, 11) is 3.79. The SMILES string of the molecule is CNC(C)CCCSCCCOC. The van der Waals surface area contributed by atoms with Crippen LogP contribution in [0.5, 0.6) is 0 Å². The van der Waals surface area contributed by atoms with E-state index in [1.165, 1.54) is 30.8 Å². The summed E-state index contributed by atoms with van der Waals surface area (Å²) in [5.41, 5.74) is 0. The van der Waals surface area contributed by atoms with Crippen LogP contribution in [0.3, 0.4) is 0 Å². The van der Waals surface area contributed by atoms with Crippen LogP contribution in [0.2, 0.25) is 0 Å². The zero-order valence-corrected chi connectivity index (χ0v) is 9.95. The standard InChI is InChI=1S/C10H23NOS/c1-10(11-2)6-4-8-13-9-5-7-12-3/h10-11H,4-9H2,1-3H3. The van der Waals surface area contributed by atoms with Crippen LogP contribution in [-0.2, 0) is 4.74 Å². The van der Waals surface area contributed by atoms with E-state index in [-0.39, 0.29) is 0 Å². The Balaban J connectivity index is 2.91. The molecule has 0 bridgehead atoms. The minimum Gasteiger partial charge on any atom is -0.385 e. The highest BCUT2D eigenvalue weighted by Crippen LogP contribution is 2.07. The van der Waals surface area contributed by atoms with Gasteiger partial charge in [0.2, 0.25) is 0 Å². The van der Waals surface area contributed by atoms with E-state index in [0.29, 0.717) is 6.04 Å². The molecule has 0 spiro atoms. The van der Waals surface area contributed by atoms with E-state index in [1.807, 2.05) is 18.8 Å². The van der Waals surface area contributed by atoms with Crippen LogP contribution in [-0.4, -0.2) is 38.3 Å². The van der Waals surface area contributed by atoms with Crippen molar-refractivity contribution in [2.75, 3.05) is 32.3 Å². The number of hydrogen-bond acceptors (Lipinski definition) is 3. The first-order valence-corrected chi connectivity index (χ1v) is 6.20. The molecule has 0 aromatic heterocycles. The second-order valence-electron chi connectivity index (χ2n) is 3.29. The van der Waals surface area contributed by atoms with Crippen LogP contribution in [0.1, 0.15) is 26.2 Å². The van der Waals surface area contributed by atoms with Crippen LogP contribution in [0.25, 0.3) is 0 Å². The average molecular weight is 205 g/mol. The summed E-state index contributed by atoms with van der Waals surface area (Å²) in [5.74, 6) is 2.53. The van der Waals surface area contributed by atoms with Gasteiger partial charge in [-0.05, 0) is 44.7 Å². The van der Waals surface area contributed by atoms with Crippen LogP contribution in [0, 0.1) is 0 Å². The topological polar surface area (TPSA) is 21.3 Å². The van der Waals surface area contributed by atoms with Crippen LogP contribution in [0.4, 0.5) is 0 Å². The van der Waals surface area contributed by atoms with Gasteiger partial charge >= 0.3 is 0 Å². The highest BCUT2D eigenvalue weighted by molar-refractivity contribution is 7.99. The molecule has 0 aliphatic heterocycles. The Morgan fingerprint density at radius 2 is 2.00 bits per heavy atom. The van der Waals surface area contributed by atoms with Crippen molar-refractivity contribution in [3.63, 3.8) is 0 Å². The fraction of sp³-hybridized carbons (Fsp3) is 1.00. The Hall–Kier alpha value is 0.270. The number of thioether (sulfide) groups is 1. The number of ether oxygens (including phenoxy) is 1. The fourth-order valence-corrected chi connectivity index (χ4v) is 1.94. The van der Waals surface area contributed by atoms with Gasteiger partial charge in [0.1, 0.15) is 0 Å². The third-order valence-electron chi connectivity index (χ3n) is 2.06. The van der Waals surface area contributed by atoms with E-state index < -0.39 is 0 Å². The van der Waals surface area contributed by atoms with Crippen LogP contribution in [0.15, 0.2) is 0 Å². The lowest BCUT2D eigenvalue weighted by Crippen LogP contribution is -2.20. The van der Waals surface area contributed by atoms with Gasteiger partial charge in [0.05, 0.1) is 0 Å². The van der Waals surface area contributed by atoms with E-state index >= 15 is 0 Å². The van der Waals surface area contributed by atoms with E-state index in [0.717, 1.165) is 6.61 Å². The van der Waals surface area contributed by atoms with Gasteiger partial charge in [-0.3, -0.25) is 0 Å². The third kappa shape index (κ3) is 10.2. The first kappa shape index (κ1) is 13.3. The van der Waals surface area contributed by atoms with Crippen molar-refractivity contribution in [2.24, 2.45) is 0 Å². The van der Waals surface area contributed by atoms with Gasteiger partial charge in [-0.1, -0.05) is 0 Å². The van der Waals surface area contributed by atoms with Gasteiger partial charge in [-0.25, -0.2) is 0 Å². The number of rotatable bonds is 9. The maximum Gasteiger partial charge on any atom is 0.0470 e. The van der Waals surface area contributed by atoms with Crippen molar-refractivity contribution in [3.05, 3.63) is 0 Å². The van der Waals surface area contributed by atoms with Gasteiger partial charge in [0, 0.05) is 19.8 Å². The summed E-state index contributed by atoms with van der Waals surface area (Å²) < 4.78 is 4.98. The molecule has 80 valence electrons. The Morgan fingerprint density at radius 1 is 1.31 bits per heavy atom. The zero-order valence-electron chi connectivity index (χ0n) is 9.14. The molecule has 3 heteroatoms. The van der Waals surface area contributed by atoms with Crippen molar-refractivity contribution in [1.82, 2.24) is 5.32 Å². The van der Waals surface area contributed by atoms with E-state index in [4.69, 9.17) is 4.74 Å². The lowest BCUT2D eigenvalue weighted by Gasteiger charge is -2.08. The Labute approximate surface area is 86.8 Å². The van der Waals surface area contributed by atoms with E-state index in [2.05, 4.69) is 12.2 Å². The minimum atomic E-state index is 0.666. The van der Waals surface area contributed by atoms with Gasteiger partial charge < -0.3 is 10.1 Å². The Kier molecular flexibility index (Phi) is 10.6. The molecular formula is C10H23NOS. The van der Waals surface area contributed by atoms with Crippen molar-refractivity contribution in [1.29, 1.82) is 0 Å². The van der Waals surface area contributed by atoms with Crippen LogP contribution >= 0.6 is 11.8 Å². The molecule has 0 amide bonds. The molecule has 13 heavy (non-hydrogen) atoms. The lowest BCUT2D eigenvalue weighted by atomic mass is 10.2. The minimum absolute atomic E-state index is 0.666. The smallest absolute Gasteiger partial charge is 0.0470 e. The van der Waals surface area contributed by atoms with E-state index in [1.54, 1.807) is 7.11 Å². The number of hydrogen-bond donors (Lipinski definition) is 1. The molecule has 0 radical (unpaired) electrons. The highest BCUT2D eigenvalue weighted by atomic mass is 32.2. The average Bonchev–Trinajstić information content (AvgIpc) is 2.16. The molecule has 0 fully saturated rings. The van der Waals surface area contributed by atoms with Crippen molar-refractivity contribution < 1.29 is 4.74 Å². The second kappa shape index (κ2) is 10.4. The maximum atomic E-state index is 4.98. The molecule has 1 unspecified atom stereocenters. The summed E-state index contributed by atoms with van der Waals surface area (Å²) in [5, 5.41) is 3.25. The fourth-order valence-electron chi connectivity index (χ4n) is 1.04. The molecule has 1 N–H and O–H groups in total. The van der Waals surface area contributed by atoms with Crippen molar-refractivity contribution in [3.8, 4) is 0 Å². The summed E-state index contributed by atoms with van der Waals surface area (Å²) in [4.78, 5) is 0. The molecule has 0 heterocycles. The molecule has 0 saturated heterocycles. The van der Waals surface area contributed by atoms with Gasteiger partial charge in [-0.2, -0.15) is 11.8 Å². The highest BCUT2D eigenvalue weighted by Gasteiger charge is 1.97. The Morgan fingerprint density at radius 3 is 2.62 bits per heavy atom. The second-order valence-corrected chi connectivity index (χ2v) is 4.52. The molecule has 0 aliphatic carbocycles. The number of methoxy groups -OCH3 is 1. The predicted molar refractivity (Wildman–Crippen MR) is 61.6 cm³/mol. The molecule has 0 aromatic carbocycles. The molecule has 0 aliphatic rings. The molecular weight excluding hydrogens is 182 g/mol. The maximum absolute atomic E-state index is 4.98. The zero-order chi connectivity index (χ0) is 9.94. The van der Waals surface area contributed by atoms with Gasteiger partial charge in [0.25, 0.3) is 0 Å². The van der Waals surface area contributed by atoms with E-state index in [9.17, 15) is 0 Å². The summed E-state index contributed by atoms with van der Waals surface area (Å²) >= 11 is 2.04.